The first-order valence-electron chi connectivity index (χ1n) is 5.54. The van der Waals surface area contributed by atoms with E-state index in [0.717, 1.165) is 30.6 Å². The summed E-state index contributed by atoms with van der Waals surface area (Å²) in [6.07, 6.45) is 4.22. The van der Waals surface area contributed by atoms with Crippen molar-refractivity contribution in [1.82, 2.24) is 9.97 Å². The van der Waals surface area contributed by atoms with Crippen molar-refractivity contribution in [3.05, 3.63) is 12.4 Å². The molecule has 2 heterocycles. The molecule has 0 radical (unpaired) electrons. The quantitative estimate of drug-likeness (QED) is 0.800. The summed E-state index contributed by atoms with van der Waals surface area (Å²) in [5, 5.41) is 3.04. The molecule has 1 aromatic heterocycles. The van der Waals surface area contributed by atoms with Crippen LogP contribution in [0.5, 0.6) is 0 Å². The zero-order valence-electron chi connectivity index (χ0n) is 9.40. The average molecular weight is 206 g/mol. The number of hydrogen-bond donors (Lipinski definition) is 1. The number of anilines is 2. The van der Waals surface area contributed by atoms with Crippen LogP contribution < -0.4 is 10.2 Å². The van der Waals surface area contributed by atoms with Crippen LogP contribution in [0.4, 0.5) is 11.6 Å². The van der Waals surface area contributed by atoms with Gasteiger partial charge in [0.05, 0.1) is 0 Å². The Bertz CT molecular complexity index is 326. The van der Waals surface area contributed by atoms with Gasteiger partial charge in [-0.05, 0) is 18.8 Å². The van der Waals surface area contributed by atoms with Crippen LogP contribution >= 0.6 is 0 Å². The van der Waals surface area contributed by atoms with Gasteiger partial charge >= 0.3 is 0 Å². The average Bonchev–Trinajstić information content (AvgIpc) is 2.29. The summed E-state index contributed by atoms with van der Waals surface area (Å²) < 4.78 is 0. The predicted octanol–water partition coefficient (Wildman–Crippen LogP) is 1.75. The number of hydrogen-bond acceptors (Lipinski definition) is 4. The zero-order chi connectivity index (χ0) is 10.7. The van der Waals surface area contributed by atoms with Gasteiger partial charge in [-0.25, -0.2) is 9.97 Å². The molecule has 1 aliphatic rings. The molecule has 0 spiro atoms. The lowest BCUT2D eigenvalue weighted by Gasteiger charge is -2.31. The molecule has 0 saturated carbocycles. The summed E-state index contributed by atoms with van der Waals surface area (Å²) in [5.74, 6) is 2.70. The molecule has 0 amide bonds. The molecule has 4 nitrogen and oxygen atoms in total. The largest absolute Gasteiger partial charge is 0.373 e. The molecule has 1 N–H and O–H groups in total. The molecule has 1 atom stereocenters. The third-order valence-corrected chi connectivity index (χ3v) is 2.89. The second-order valence-corrected chi connectivity index (χ2v) is 4.20. The van der Waals surface area contributed by atoms with E-state index < -0.39 is 0 Å². The molecule has 0 bridgehead atoms. The molecule has 4 heteroatoms. The van der Waals surface area contributed by atoms with E-state index in [1.807, 2.05) is 13.1 Å². The van der Waals surface area contributed by atoms with Gasteiger partial charge in [0.2, 0.25) is 0 Å². The van der Waals surface area contributed by atoms with Crippen LogP contribution in [0.2, 0.25) is 0 Å². The highest BCUT2D eigenvalue weighted by Gasteiger charge is 2.17. The first kappa shape index (κ1) is 10.2. The van der Waals surface area contributed by atoms with Crippen molar-refractivity contribution in [3.8, 4) is 0 Å². The Hall–Kier alpha value is -1.32. The van der Waals surface area contributed by atoms with Gasteiger partial charge in [0.15, 0.2) is 0 Å². The van der Waals surface area contributed by atoms with Crippen LogP contribution in [-0.2, 0) is 0 Å². The molecule has 15 heavy (non-hydrogen) atoms. The van der Waals surface area contributed by atoms with Crippen LogP contribution in [0.1, 0.15) is 19.8 Å². The lowest BCUT2D eigenvalue weighted by Crippen LogP contribution is -2.34. The van der Waals surface area contributed by atoms with Gasteiger partial charge in [0.25, 0.3) is 0 Å². The first-order chi connectivity index (χ1) is 7.29. The summed E-state index contributed by atoms with van der Waals surface area (Å²) in [5.41, 5.74) is 0. The van der Waals surface area contributed by atoms with Crippen LogP contribution in [-0.4, -0.2) is 30.1 Å². The van der Waals surface area contributed by atoms with Crippen molar-refractivity contribution >= 4 is 11.6 Å². The lowest BCUT2D eigenvalue weighted by molar-refractivity contribution is 0.444. The molecule has 1 fully saturated rings. The summed E-state index contributed by atoms with van der Waals surface area (Å²) in [4.78, 5) is 10.8. The van der Waals surface area contributed by atoms with Gasteiger partial charge in [-0.2, -0.15) is 0 Å². The summed E-state index contributed by atoms with van der Waals surface area (Å²) in [7, 11) is 1.88. The maximum atomic E-state index is 4.32. The minimum atomic E-state index is 0.770. The highest BCUT2D eigenvalue weighted by molar-refractivity contribution is 5.48. The fourth-order valence-electron chi connectivity index (χ4n) is 2.05. The predicted molar refractivity (Wildman–Crippen MR) is 62.2 cm³/mol. The first-order valence-corrected chi connectivity index (χ1v) is 5.54. The Morgan fingerprint density at radius 2 is 2.33 bits per heavy atom. The van der Waals surface area contributed by atoms with Crippen molar-refractivity contribution in [2.24, 2.45) is 5.92 Å². The van der Waals surface area contributed by atoms with E-state index in [2.05, 4.69) is 27.1 Å². The molecule has 0 aromatic carbocycles. The molecular weight excluding hydrogens is 188 g/mol. The van der Waals surface area contributed by atoms with Gasteiger partial charge in [-0.1, -0.05) is 6.92 Å². The Kier molecular flexibility index (Phi) is 3.04. The lowest BCUT2D eigenvalue weighted by atomic mass is 10.0. The van der Waals surface area contributed by atoms with Crippen molar-refractivity contribution in [2.75, 3.05) is 30.4 Å². The summed E-state index contributed by atoms with van der Waals surface area (Å²) >= 11 is 0. The van der Waals surface area contributed by atoms with Crippen molar-refractivity contribution in [3.63, 3.8) is 0 Å². The second-order valence-electron chi connectivity index (χ2n) is 4.20. The monoisotopic (exact) mass is 206 g/mol. The molecule has 0 unspecified atom stereocenters. The minimum Gasteiger partial charge on any atom is -0.373 e. The molecule has 1 aromatic rings. The normalized spacial score (nSPS) is 21.5. The van der Waals surface area contributed by atoms with Gasteiger partial charge < -0.3 is 10.2 Å². The van der Waals surface area contributed by atoms with Crippen LogP contribution in [0.3, 0.4) is 0 Å². The van der Waals surface area contributed by atoms with Crippen molar-refractivity contribution in [2.45, 2.75) is 19.8 Å². The Balaban J connectivity index is 2.13. The van der Waals surface area contributed by atoms with Gasteiger partial charge in [0, 0.05) is 26.2 Å². The van der Waals surface area contributed by atoms with Crippen molar-refractivity contribution in [1.29, 1.82) is 0 Å². The van der Waals surface area contributed by atoms with Gasteiger partial charge in [-0.15, -0.1) is 0 Å². The summed E-state index contributed by atoms with van der Waals surface area (Å²) in [6, 6.07) is 2.01. The number of piperidine rings is 1. The van der Waals surface area contributed by atoms with Gasteiger partial charge in [-0.3, -0.25) is 0 Å². The van der Waals surface area contributed by atoms with E-state index >= 15 is 0 Å². The fourth-order valence-corrected chi connectivity index (χ4v) is 2.05. The van der Waals surface area contributed by atoms with Crippen LogP contribution in [0.25, 0.3) is 0 Å². The van der Waals surface area contributed by atoms with E-state index in [1.54, 1.807) is 6.33 Å². The summed E-state index contributed by atoms with van der Waals surface area (Å²) in [6.45, 7) is 4.52. The molecule has 1 saturated heterocycles. The third-order valence-electron chi connectivity index (χ3n) is 2.89. The topological polar surface area (TPSA) is 41.0 Å². The molecule has 82 valence electrons. The Morgan fingerprint density at radius 1 is 1.47 bits per heavy atom. The molecule has 2 rings (SSSR count). The molecule has 0 aliphatic carbocycles. The highest BCUT2D eigenvalue weighted by atomic mass is 15.2. The SMILES string of the molecule is CNc1cc(N2CCC[C@@H](C)C2)ncn1. The zero-order valence-corrected chi connectivity index (χ0v) is 9.40. The number of nitrogens with zero attached hydrogens (tertiary/aromatic N) is 3. The van der Waals surface area contributed by atoms with Crippen LogP contribution in [0.15, 0.2) is 12.4 Å². The van der Waals surface area contributed by atoms with E-state index in [4.69, 9.17) is 0 Å². The third kappa shape index (κ3) is 2.37. The van der Waals surface area contributed by atoms with Crippen molar-refractivity contribution < 1.29 is 0 Å². The van der Waals surface area contributed by atoms with E-state index in [9.17, 15) is 0 Å². The number of aromatic nitrogens is 2. The smallest absolute Gasteiger partial charge is 0.134 e. The maximum Gasteiger partial charge on any atom is 0.134 e. The van der Waals surface area contributed by atoms with E-state index in [1.165, 1.54) is 12.8 Å². The number of rotatable bonds is 2. The second kappa shape index (κ2) is 4.47. The molecule has 1 aliphatic heterocycles. The standard InChI is InChI=1S/C11H18N4/c1-9-4-3-5-15(7-9)11-6-10(12-2)13-8-14-11/h6,8-9H,3-5,7H2,1-2H3,(H,12,13,14)/t9-/m1/s1. The van der Waals surface area contributed by atoms with E-state index in [0.29, 0.717) is 0 Å². The fraction of sp³-hybridized carbons (Fsp3) is 0.636. The number of nitrogens with one attached hydrogen (secondary N) is 1. The van der Waals surface area contributed by atoms with Crippen LogP contribution in [0, 0.1) is 5.92 Å². The van der Waals surface area contributed by atoms with E-state index in [-0.39, 0.29) is 0 Å². The Morgan fingerprint density at radius 3 is 3.07 bits per heavy atom. The minimum absolute atomic E-state index is 0.770. The maximum absolute atomic E-state index is 4.32. The molecular formula is C11H18N4. The highest BCUT2D eigenvalue weighted by Crippen LogP contribution is 2.21. The van der Waals surface area contributed by atoms with Gasteiger partial charge in [0.1, 0.15) is 18.0 Å². The Labute approximate surface area is 90.7 Å².